The topological polar surface area (TPSA) is 111 Å². The molecule has 3 aromatic carbocycles. The maximum absolute atomic E-state index is 12.6. The zero-order valence-corrected chi connectivity index (χ0v) is 28.5. The Balaban J connectivity index is 2.15. The van der Waals surface area contributed by atoms with Crippen molar-refractivity contribution < 1.29 is 24.2 Å². The predicted octanol–water partition coefficient (Wildman–Crippen LogP) is 6.17. The molecule has 2 atom stereocenters. The van der Waals surface area contributed by atoms with E-state index in [-0.39, 0.29) is 18.6 Å². The van der Waals surface area contributed by atoms with E-state index in [0.717, 1.165) is 16.7 Å². The molecule has 0 spiro atoms. The fraction of sp³-hybridized carbons (Fsp3) is 0.378. The molecule has 0 fully saturated rings. The van der Waals surface area contributed by atoms with Crippen LogP contribution in [-0.2, 0) is 21.4 Å². The predicted molar refractivity (Wildman–Crippen MR) is 184 cm³/mol. The number of hydrogen-bond donors (Lipinski definition) is 3. The van der Waals surface area contributed by atoms with E-state index in [4.69, 9.17) is 9.47 Å². The van der Waals surface area contributed by atoms with E-state index in [0.29, 0.717) is 0 Å². The molecule has 4 rings (SSSR count). The van der Waals surface area contributed by atoms with Crippen molar-refractivity contribution in [2.24, 2.45) is 0 Å². The second-order valence-corrected chi connectivity index (χ2v) is 15.9. The van der Waals surface area contributed by atoms with Crippen molar-refractivity contribution in [2.75, 3.05) is 20.4 Å². The normalized spacial score (nSPS) is 15.0. The van der Waals surface area contributed by atoms with Gasteiger partial charge in [0.25, 0.3) is 0 Å². The van der Waals surface area contributed by atoms with Crippen LogP contribution in [0.4, 0.5) is 0 Å². The number of benzene rings is 3. The van der Waals surface area contributed by atoms with Crippen LogP contribution >= 0.6 is 7.28 Å². The molecular weight excluding hydrogens is 597 g/mol. The Morgan fingerprint density at radius 1 is 0.717 bits per heavy atom. The van der Waals surface area contributed by atoms with Crippen LogP contribution in [0.25, 0.3) is 0 Å². The molecule has 0 aliphatic heterocycles. The summed E-state index contributed by atoms with van der Waals surface area (Å²) in [6.45, 7) is 7.70. The van der Waals surface area contributed by atoms with Crippen LogP contribution in [0.1, 0.15) is 44.4 Å². The molecule has 8 nitrogen and oxygen atoms in total. The molecule has 0 saturated heterocycles. The van der Waals surface area contributed by atoms with E-state index in [1.807, 2.05) is 136 Å². The third-order valence-electron chi connectivity index (χ3n) is 9.10. The molecule has 0 saturated carbocycles. The molecule has 246 valence electrons. The van der Waals surface area contributed by atoms with Crippen molar-refractivity contribution in [3.05, 3.63) is 132 Å². The van der Waals surface area contributed by atoms with Crippen LogP contribution in [0, 0.1) is 11.3 Å². The van der Waals surface area contributed by atoms with E-state index < -0.39 is 36.3 Å². The van der Waals surface area contributed by atoms with Crippen LogP contribution in [0.3, 0.4) is 0 Å². The number of nitrogens with zero attached hydrogens (tertiary/aromatic N) is 3. The van der Waals surface area contributed by atoms with Gasteiger partial charge in [-0.2, -0.15) is 0 Å². The molecule has 9 heteroatoms. The molecule has 3 N–H and O–H groups in total. The molecule has 0 amide bonds. The zero-order chi connectivity index (χ0) is 33.6. The first kappa shape index (κ1) is 35.5. The molecule has 0 bridgehead atoms. The van der Waals surface area contributed by atoms with Gasteiger partial charge in [-0.1, -0.05) is 0 Å². The van der Waals surface area contributed by atoms with Crippen molar-refractivity contribution >= 4 is 7.28 Å². The Bertz CT molecular complexity index is 1440. The molecule has 0 aliphatic rings. The van der Waals surface area contributed by atoms with Gasteiger partial charge >= 0.3 is 274 Å². The van der Waals surface area contributed by atoms with Gasteiger partial charge in [-0.25, -0.2) is 0 Å². The van der Waals surface area contributed by atoms with E-state index in [1.165, 1.54) is 14.2 Å². The van der Waals surface area contributed by atoms with E-state index in [9.17, 15) is 19.9 Å². The number of hydrogen-bond acceptors (Lipinski definition) is 7. The Hall–Kier alpha value is -3.38. The first-order valence-electron chi connectivity index (χ1n) is 15.7. The summed E-state index contributed by atoms with van der Waals surface area (Å²) in [6.07, 6.45) is 2.98. The summed E-state index contributed by atoms with van der Waals surface area (Å²) in [6, 6.07) is 33.7. The number of rotatable bonds is 15. The summed E-state index contributed by atoms with van der Waals surface area (Å²) in [5.41, 5.74) is -0.582. The Kier molecular flexibility index (Phi) is 10.9. The van der Waals surface area contributed by atoms with Gasteiger partial charge in [-0.05, 0) is 0 Å². The van der Waals surface area contributed by atoms with Gasteiger partial charge in [0.2, 0.25) is 0 Å². The molecule has 1 heterocycles. The SMILES string of the molecule is COC(OC)(C(Cn1cccc1)P(O)(O)(O)CC(C#N)N(C(C)C)C(C)C)C(c1ccccc1)(c1ccccc1)c1ccccc1. The standard InChI is InChI=1S/C37H48N3O5P/c1-29(2)40(30(3)4)34(26-38)28-46(41,42,43)35(27-39-24-16-17-25-39)37(44-5,45-6)36(31-18-10-7-11-19-31,32-20-12-8-13-21-32)33-22-14-9-15-23-33/h7-25,29-30,34-35,41-43H,27-28H2,1-6H3. The van der Waals surface area contributed by atoms with Gasteiger partial charge in [0.15, 0.2) is 0 Å². The van der Waals surface area contributed by atoms with E-state index >= 15 is 0 Å². The average molecular weight is 646 g/mol. The maximum atomic E-state index is 12.6. The van der Waals surface area contributed by atoms with Crippen molar-refractivity contribution in [3.8, 4) is 6.07 Å². The second kappa shape index (κ2) is 14.2. The molecule has 0 radical (unpaired) electrons. The molecule has 0 aliphatic carbocycles. The molecule has 46 heavy (non-hydrogen) atoms. The fourth-order valence-electron chi connectivity index (χ4n) is 7.38. The average Bonchev–Trinajstić information content (AvgIpc) is 3.57. The second-order valence-electron chi connectivity index (χ2n) is 12.5. The number of ether oxygens (including phenoxy) is 2. The summed E-state index contributed by atoms with van der Waals surface area (Å²) < 4.78 is 14.9. The number of methoxy groups -OCH3 is 2. The van der Waals surface area contributed by atoms with Crippen molar-refractivity contribution in [1.29, 1.82) is 5.26 Å². The first-order chi connectivity index (χ1) is 21.9. The summed E-state index contributed by atoms with van der Waals surface area (Å²) >= 11 is 0. The van der Waals surface area contributed by atoms with Gasteiger partial charge in [0.1, 0.15) is 0 Å². The molecule has 1 aromatic heterocycles. The summed E-state index contributed by atoms with van der Waals surface area (Å²) in [4.78, 5) is 39.8. The van der Waals surface area contributed by atoms with Gasteiger partial charge in [-0.15, -0.1) is 0 Å². The molecule has 4 aromatic rings. The Labute approximate surface area is 273 Å². The van der Waals surface area contributed by atoms with Crippen LogP contribution in [-0.4, -0.2) is 74.1 Å². The quantitative estimate of drug-likeness (QED) is 0.0806. The third-order valence-corrected chi connectivity index (χ3v) is 11.9. The van der Waals surface area contributed by atoms with Crippen LogP contribution in [0.5, 0.6) is 0 Å². The first-order valence-corrected chi connectivity index (χ1v) is 18.0. The number of nitriles is 1. The molecular formula is C37H48N3O5P. The monoisotopic (exact) mass is 645 g/mol. The van der Waals surface area contributed by atoms with Gasteiger partial charge in [0, 0.05) is 0 Å². The van der Waals surface area contributed by atoms with E-state index in [2.05, 4.69) is 6.07 Å². The number of aromatic nitrogens is 1. The summed E-state index contributed by atoms with van der Waals surface area (Å²) in [7, 11) is -3.03. The minimum absolute atomic E-state index is 0.0915. The van der Waals surface area contributed by atoms with Crippen molar-refractivity contribution in [2.45, 2.75) is 69.2 Å². The summed E-state index contributed by atoms with van der Waals surface area (Å²) in [5, 5.41) is 10.4. The summed E-state index contributed by atoms with van der Waals surface area (Å²) in [5.74, 6) is -1.95. The van der Waals surface area contributed by atoms with Crippen molar-refractivity contribution in [1.82, 2.24) is 9.47 Å². The molecule has 2 unspecified atom stereocenters. The Morgan fingerprint density at radius 2 is 1.11 bits per heavy atom. The van der Waals surface area contributed by atoms with Crippen LogP contribution < -0.4 is 0 Å². The van der Waals surface area contributed by atoms with Crippen LogP contribution in [0.15, 0.2) is 116 Å². The van der Waals surface area contributed by atoms with Gasteiger partial charge < -0.3 is 0 Å². The Morgan fingerprint density at radius 3 is 1.43 bits per heavy atom. The van der Waals surface area contributed by atoms with E-state index in [1.54, 1.807) is 17.0 Å². The van der Waals surface area contributed by atoms with Crippen molar-refractivity contribution in [3.63, 3.8) is 0 Å². The van der Waals surface area contributed by atoms with Gasteiger partial charge in [-0.3, -0.25) is 0 Å². The van der Waals surface area contributed by atoms with Crippen LogP contribution in [0.2, 0.25) is 0 Å². The van der Waals surface area contributed by atoms with Gasteiger partial charge in [0.05, 0.1) is 0 Å². The third kappa shape index (κ3) is 6.56. The zero-order valence-electron chi connectivity index (χ0n) is 27.6. The fourth-order valence-corrected chi connectivity index (χ4v) is 10.2. The minimum atomic E-state index is -5.97.